The number of rotatable bonds is 8. The number of hydrogen-bond acceptors (Lipinski definition) is 5. The van der Waals surface area contributed by atoms with E-state index in [1.165, 1.54) is 18.9 Å². The normalized spacial score (nSPS) is 16.1. The first-order valence-corrected chi connectivity index (χ1v) is 7.46. The summed E-state index contributed by atoms with van der Waals surface area (Å²) < 4.78 is 36.4. The van der Waals surface area contributed by atoms with Crippen molar-refractivity contribution >= 4 is 10.0 Å². The van der Waals surface area contributed by atoms with Gasteiger partial charge in [-0.1, -0.05) is 0 Å². The molecular weight excluding hydrogens is 256 g/mol. The van der Waals surface area contributed by atoms with E-state index in [2.05, 4.69) is 4.72 Å². The quantitative estimate of drug-likeness (QED) is 0.671. The van der Waals surface area contributed by atoms with Crippen molar-refractivity contribution < 1.29 is 17.6 Å². The van der Waals surface area contributed by atoms with Gasteiger partial charge >= 0.3 is 0 Å². The van der Waals surface area contributed by atoms with Crippen molar-refractivity contribution in [2.75, 3.05) is 19.8 Å². The zero-order valence-electron chi connectivity index (χ0n) is 10.1. The molecule has 1 aliphatic carbocycles. The largest absolute Gasteiger partial charge is 0.447 e. The van der Waals surface area contributed by atoms with Crippen LogP contribution in [0.4, 0.5) is 0 Å². The summed E-state index contributed by atoms with van der Waals surface area (Å²) in [6, 6.07) is 2.95. The van der Waals surface area contributed by atoms with E-state index in [1.54, 1.807) is 6.07 Å². The summed E-state index contributed by atoms with van der Waals surface area (Å²) in [6.45, 7) is 1.52. The molecule has 0 radical (unpaired) electrons. The molecule has 1 aliphatic rings. The summed E-state index contributed by atoms with van der Waals surface area (Å²) in [6.07, 6.45) is 2.44. The van der Waals surface area contributed by atoms with Gasteiger partial charge in [0.15, 0.2) is 0 Å². The summed E-state index contributed by atoms with van der Waals surface area (Å²) in [5.41, 5.74) is 5.35. The summed E-state index contributed by atoms with van der Waals surface area (Å²) in [4.78, 5) is 0. The molecule has 3 N–H and O–H groups in total. The highest BCUT2D eigenvalue weighted by Gasteiger charge is 2.21. The van der Waals surface area contributed by atoms with Gasteiger partial charge in [0.2, 0.25) is 5.09 Å². The molecule has 0 amide bonds. The third kappa shape index (κ3) is 3.81. The predicted octanol–water partition coefficient (Wildman–Crippen LogP) is 0.443. The monoisotopic (exact) mass is 274 g/mol. The fourth-order valence-corrected chi connectivity index (χ4v) is 2.42. The third-order valence-corrected chi connectivity index (χ3v) is 4.03. The highest BCUT2D eigenvalue weighted by Crippen LogP contribution is 2.28. The minimum absolute atomic E-state index is 0.106. The molecule has 1 heterocycles. The Kier molecular flexibility index (Phi) is 4.39. The molecule has 0 spiro atoms. The summed E-state index contributed by atoms with van der Waals surface area (Å²) in [5.74, 6) is 1.12. The smallest absolute Gasteiger partial charge is 0.274 e. The van der Waals surface area contributed by atoms with Crippen LogP contribution >= 0.6 is 0 Å². The van der Waals surface area contributed by atoms with Crippen LogP contribution in [0.5, 0.6) is 0 Å². The van der Waals surface area contributed by atoms with Gasteiger partial charge in [0.05, 0.1) is 13.2 Å². The Balaban J connectivity index is 1.75. The maximum Gasteiger partial charge on any atom is 0.274 e. The number of ether oxygens (including phenoxy) is 1. The van der Waals surface area contributed by atoms with E-state index < -0.39 is 10.0 Å². The van der Waals surface area contributed by atoms with Gasteiger partial charge < -0.3 is 14.9 Å². The van der Waals surface area contributed by atoms with Crippen LogP contribution in [0.1, 0.15) is 18.6 Å². The standard InChI is InChI=1S/C11H18N2O4S/c12-7-10-3-4-11(17-10)18(14,15)13-5-6-16-8-9-1-2-9/h3-4,9,13H,1-2,5-8,12H2. The van der Waals surface area contributed by atoms with Crippen molar-refractivity contribution in [3.8, 4) is 0 Å². The van der Waals surface area contributed by atoms with Crippen molar-refractivity contribution in [1.82, 2.24) is 4.72 Å². The van der Waals surface area contributed by atoms with Crippen LogP contribution in [0.25, 0.3) is 0 Å². The van der Waals surface area contributed by atoms with Gasteiger partial charge in [-0.15, -0.1) is 0 Å². The first-order chi connectivity index (χ1) is 8.62. The van der Waals surface area contributed by atoms with E-state index in [4.69, 9.17) is 14.9 Å². The van der Waals surface area contributed by atoms with Crippen LogP contribution < -0.4 is 10.5 Å². The molecule has 6 nitrogen and oxygen atoms in total. The predicted molar refractivity (Wildman–Crippen MR) is 65.3 cm³/mol. The second kappa shape index (κ2) is 5.83. The lowest BCUT2D eigenvalue weighted by Gasteiger charge is -2.05. The molecule has 2 rings (SSSR count). The lowest BCUT2D eigenvalue weighted by Crippen LogP contribution is -2.27. The van der Waals surface area contributed by atoms with E-state index in [0.717, 1.165) is 6.61 Å². The van der Waals surface area contributed by atoms with Crippen molar-refractivity contribution in [3.05, 3.63) is 17.9 Å². The number of hydrogen-bond donors (Lipinski definition) is 2. The van der Waals surface area contributed by atoms with Gasteiger partial charge in [0.25, 0.3) is 10.0 Å². The molecule has 0 unspecified atom stereocenters. The van der Waals surface area contributed by atoms with E-state index in [0.29, 0.717) is 18.3 Å². The Labute approximate surface area is 107 Å². The summed E-state index contributed by atoms with van der Waals surface area (Å²) >= 11 is 0. The van der Waals surface area contributed by atoms with Crippen molar-refractivity contribution in [2.45, 2.75) is 24.5 Å². The van der Waals surface area contributed by atoms with Crippen LogP contribution in [-0.2, 0) is 21.3 Å². The molecule has 0 aliphatic heterocycles. The van der Waals surface area contributed by atoms with E-state index in [1.807, 2.05) is 0 Å². The zero-order chi connectivity index (χ0) is 13.0. The van der Waals surface area contributed by atoms with Gasteiger partial charge in [-0.3, -0.25) is 0 Å². The minimum atomic E-state index is -3.59. The SMILES string of the molecule is NCc1ccc(S(=O)(=O)NCCOCC2CC2)o1. The van der Waals surface area contributed by atoms with Gasteiger partial charge in [0, 0.05) is 13.2 Å². The highest BCUT2D eigenvalue weighted by molar-refractivity contribution is 7.89. The maximum absolute atomic E-state index is 11.8. The van der Waals surface area contributed by atoms with Gasteiger partial charge in [0.1, 0.15) is 5.76 Å². The second-order valence-corrected chi connectivity index (χ2v) is 6.04. The highest BCUT2D eigenvalue weighted by atomic mass is 32.2. The molecule has 7 heteroatoms. The molecule has 1 saturated carbocycles. The Bertz CT molecular complexity index is 479. The van der Waals surface area contributed by atoms with E-state index >= 15 is 0 Å². The van der Waals surface area contributed by atoms with Crippen LogP contribution in [0, 0.1) is 5.92 Å². The molecule has 0 saturated heterocycles. The first kappa shape index (κ1) is 13.5. The van der Waals surface area contributed by atoms with Gasteiger partial charge in [-0.2, -0.15) is 0 Å². The van der Waals surface area contributed by atoms with Crippen LogP contribution in [0.3, 0.4) is 0 Å². The van der Waals surface area contributed by atoms with E-state index in [9.17, 15) is 8.42 Å². The second-order valence-electron chi connectivity index (χ2n) is 4.34. The average Bonchev–Trinajstić information content (AvgIpc) is 3.03. The average molecular weight is 274 g/mol. The lowest BCUT2D eigenvalue weighted by atomic mass is 10.5. The Morgan fingerprint density at radius 3 is 2.83 bits per heavy atom. The molecule has 102 valence electrons. The Morgan fingerprint density at radius 1 is 1.44 bits per heavy atom. The topological polar surface area (TPSA) is 94.6 Å². The van der Waals surface area contributed by atoms with Crippen molar-refractivity contribution in [3.63, 3.8) is 0 Å². The number of nitrogens with one attached hydrogen (secondary N) is 1. The Morgan fingerprint density at radius 2 is 2.22 bits per heavy atom. The number of furan rings is 1. The first-order valence-electron chi connectivity index (χ1n) is 5.98. The molecule has 18 heavy (non-hydrogen) atoms. The third-order valence-electron chi connectivity index (χ3n) is 2.69. The molecule has 0 bridgehead atoms. The molecule has 1 aromatic rings. The number of sulfonamides is 1. The van der Waals surface area contributed by atoms with E-state index in [-0.39, 0.29) is 18.2 Å². The molecule has 1 fully saturated rings. The zero-order valence-corrected chi connectivity index (χ0v) is 10.9. The number of nitrogens with two attached hydrogens (primary N) is 1. The molecule has 0 aromatic carbocycles. The fourth-order valence-electron chi connectivity index (χ4n) is 1.47. The summed E-state index contributed by atoms with van der Waals surface area (Å²) in [5, 5.41) is -0.106. The van der Waals surface area contributed by atoms with Gasteiger partial charge in [-0.25, -0.2) is 13.1 Å². The maximum atomic E-state index is 11.8. The van der Waals surface area contributed by atoms with Crippen molar-refractivity contribution in [1.29, 1.82) is 0 Å². The fraction of sp³-hybridized carbons (Fsp3) is 0.636. The molecule has 0 atom stereocenters. The van der Waals surface area contributed by atoms with Crippen LogP contribution in [0.2, 0.25) is 0 Å². The van der Waals surface area contributed by atoms with Gasteiger partial charge in [-0.05, 0) is 30.9 Å². The van der Waals surface area contributed by atoms with Crippen LogP contribution in [0.15, 0.2) is 21.6 Å². The molecular formula is C11H18N2O4S. The minimum Gasteiger partial charge on any atom is -0.447 e. The summed E-state index contributed by atoms with van der Waals surface area (Å²) in [7, 11) is -3.59. The van der Waals surface area contributed by atoms with Crippen molar-refractivity contribution in [2.24, 2.45) is 11.7 Å². The molecule has 1 aromatic heterocycles. The lowest BCUT2D eigenvalue weighted by molar-refractivity contribution is 0.129. The van der Waals surface area contributed by atoms with Crippen LogP contribution in [-0.4, -0.2) is 28.2 Å². The Hall–Kier alpha value is -0.890.